The van der Waals surface area contributed by atoms with E-state index in [1.54, 1.807) is 24.3 Å². The predicted octanol–water partition coefficient (Wildman–Crippen LogP) is 4.04. The van der Waals surface area contributed by atoms with Gasteiger partial charge in [0.1, 0.15) is 11.7 Å². The molecule has 142 valence electrons. The first-order chi connectivity index (χ1) is 12.9. The predicted molar refractivity (Wildman–Crippen MR) is 101 cm³/mol. The average Bonchev–Trinajstić information content (AvgIpc) is 2.65. The summed E-state index contributed by atoms with van der Waals surface area (Å²) in [6, 6.07) is 14.1. The van der Waals surface area contributed by atoms with Gasteiger partial charge in [-0.1, -0.05) is 47.0 Å². The molecule has 0 aromatic heterocycles. The molecule has 0 bridgehead atoms. The van der Waals surface area contributed by atoms with Gasteiger partial charge in [0.2, 0.25) is 0 Å². The fourth-order valence-corrected chi connectivity index (χ4v) is 2.98. The second kappa shape index (κ2) is 8.55. The lowest BCUT2D eigenvalue weighted by Crippen LogP contribution is -2.45. The van der Waals surface area contributed by atoms with Gasteiger partial charge >= 0.3 is 11.9 Å². The third kappa shape index (κ3) is 5.08. The van der Waals surface area contributed by atoms with Crippen LogP contribution >= 0.6 is 11.6 Å². The zero-order valence-electron chi connectivity index (χ0n) is 15.2. The SMILES string of the molecule is Cc1ccc(C(=O)O[C@@H]2CO[C@@H](Cl)C[C@H]2OC(=O)c2ccc(C)cc2)cc1. The van der Waals surface area contributed by atoms with Crippen LogP contribution in [0.5, 0.6) is 0 Å². The molecule has 0 aliphatic carbocycles. The topological polar surface area (TPSA) is 61.8 Å². The lowest BCUT2D eigenvalue weighted by Gasteiger charge is -2.33. The molecule has 1 fully saturated rings. The third-order valence-electron chi connectivity index (χ3n) is 4.36. The van der Waals surface area contributed by atoms with Crippen LogP contribution in [0, 0.1) is 13.8 Å². The molecule has 0 unspecified atom stereocenters. The molecule has 1 aliphatic heterocycles. The molecule has 27 heavy (non-hydrogen) atoms. The molecule has 0 spiro atoms. The molecular formula is C21H21ClO5. The van der Waals surface area contributed by atoms with Gasteiger partial charge in [-0.2, -0.15) is 0 Å². The molecule has 0 radical (unpaired) electrons. The molecule has 2 aromatic carbocycles. The van der Waals surface area contributed by atoms with E-state index < -0.39 is 29.7 Å². The molecule has 5 nitrogen and oxygen atoms in total. The molecule has 3 atom stereocenters. The van der Waals surface area contributed by atoms with Crippen LogP contribution in [-0.4, -0.2) is 36.3 Å². The number of carbonyl (C=O) groups excluding carboxylic acids is 2. The Labute approximate surface area is 163 Å². The molecule has 0 saturated carbocycles. The van der Waals surface area contributed by atoms with Gasteiger partial charge in [0.25, 0.3) is 0 Å². The van der Waals surface area contributed by atoms with E-state index in [1.807, 2.05) is 38.1 Å². The summed E-state index contributed by atoms with van der Waals surface area (Å²) in [4.78, 5) is 24.8. The second-order valence-electron chi connectivity index (χ2n) is 6.60. The van der Waals surface area contributed by atoms with Crippen molar-refractivity contribution in [1.29, 1.82) is 0 Å². The molecular weight excluding hydrogens is 368 g/mol. The number of halogens is 1. The van der Waals surface area contributed by atoms with Gasteiger partial charge in [0.15, 0.2) is 6.10 Å². The molecule has 2 aromatic rings. The lowest BCUT2D eigenvalue weighted by molar-refractivity contribution is -0.110. The number of aryl methyl sites for hydroxylation is 2. The molecule has 6 heteroatoms. The number of carbonyl (C=O) groups is 2. The first-order valence-corrected chi connectivity index (χ1v) is 9.17. The Balaban J connectivity index is 1.69. The summed E-state index contributed by atoms with van der Waals surface area (Å²) in [5.41, 5.74) is 2.35. The zero-order valence-corrected chi connectivity index (χ0v) is 15.9. The minimum atomic E-state index is -0.719. The number of benzene rings is 2. The Morgan fingerprint density at radius 1 is 0.852 bits per heavy atom. The van der Waals surface area contributed by atoms with Crippen molar-refractivity contribution < 1.29 is 23.8 Å². The maximum atomic E-state index is 12.4. The standard InChI is InChI=1S/C21H21ClO5/c1-13-3-7-15(8-4-13)20(23)26-17-11-19(22)25-12-18(17)27-21(24)16-9-5-14(2)6-10-16/h3-10,17-19H,11-12H2,1-2H3/t17-,18-,19-/m1/s1. The monoisotopic (exact) mass is 388 g/mol. The van der Waals surface area contributed by atoms with E-state index in [9.17, 15) is 9.59 Å². The summed E-state index contributed by atoms with van der Waals surface area (Å²) in [5.74, 6) is -0.977. The Hall–Kier alpha value is -2.37. The summed E-state index contributed by atoms with van der Waals surface area (Å²) < 4.78 is 16.5. The van der Waals surface area contributed by atoms with Crippen LogP contribution in [0.2, 0.25) is 0 Å². The minimum absolute atomic E-state index is 0.0671. The van der Waals surface area contributed by atoms with Crippen molar-refractivity contribution in [3.8, 4) is 0 Å². The highest BCUT2D eigenvalue weighted by atomic mass is 35.5. The summed E-state index contributed by atoms with van der Waals surface area (Å²) in [7, 11) is 0. The zero-order chi connectivity index (χ0) is 19.4. The van der Waals surface area contributed by atoms with Crippen molar-refractivity contribution in [2.75, 3.05) is 6.61 Å². The van der Waals surface area contributed by atoms with E-state index in [4.69, 9.17) is 25.8 Å². The van der Waals surface area contributed by atoms with E-state index >= 15 is 0 Å². The quantitative estimate of drug-likeness (QED) is 0.584. The maximum absolute atomic E-state index is 12.4. The highest BCUT2D eigenvalue weighted by molar-refractivity contribution is 6.19. The Bertz CT molecular complexity index is 800. The Morgan fingerprint density at radius 3 is 1.78 bits per heavy atom. The van der Waals surface area contributed by atoms with Gasteiger partial charge < -0.3 is 14.2 Å². The van der Waals surface area contributed by atoms with E-state index in [0.29, 0.717) is 11.1 Å². The van der Waals surface area contributed by atoms with Crippen LogP contribution in [0.15, 0.2) is 48.5 Å². The number of hydrogen-bond donors (Lipinski definition) is 0. The number of esters is 2. The van der Waals surface area contributed by atoms with Gasteiger partial charge in [-0.05, 0) is 38.1 Å². The fraction of sp³-hybridized carbons (Fsp3) is 0.333. The number of rotatable bonds is 4. The van der Waals surface area contributed by atoms with Crippen LogP contribution in [0.25, 0.3) is 0 Å². The Morgan fingerprint density at radius 2 is 1.30 bits per heavy atom. The van der Waals surface area contributed by atoms with E-state index in [1.165, 1.54) is 0 Å². The maximum Gasteiger partial charge on any atom is 0.338 e. The van der Waals surface area contributed by atoms with E-state index in [0.717, 1.165) is 11.1 Å². The fourth-order valence-electron chi connectivity index (χ4n) is 2.73. The summed E-state index contributed by atoms with van der Waals surface area (Å²) in [6.45, 7) is 3.94. The molecule has 3 rings (SSSR count). The van der Waals surface area contributed by atoms with Crippen LogP contribution in [0.3, 0.4) is 0 Å². The highest BCUT2D eigenvalue weighted by Crippen LogP contribution is 2.24. The van der Waals surface area contributed by atoms with Crippen molar-refractivity contribution in [3.63, 3.8) is 0 Å². The smallest absolute Gasteiger partial charge is 0.338 e. The van der Waals surface area contributed by atoms with Crippen molar-refractivity contribution in [2.24, 2.45) is 0 Å². The third-order valence-corrected chi connectivity index (χ3v) is 4.67. The normalized spacial score (nSPS) is 22.1. The van der Waals surface area contributed by atoms with E-state index in [-0.39, 0.29) is 13.0 Å². The summed E-state index contributed by atoms with van der Waals surface area (Å²) >= 11 is 6.04. The van der Waals surface area contributed by atoms with Crippen LogP contribution in [0.1, 0.15) is 38.3 Å². The molecule has 1 saturated heterocycles. The Kier molecular flexibility index (Phi) is 6.14. The second-order valence-corrected chi connectivity index (χ2v) is 7.09. The largest absolute Gasteiger partial charge is 0.455 e. The summed E-state index contributed by atoms with van der Waals surface area (Å²) in [6.07, 6.45) is -1.15. The first-order valence-electron chi connectivity index (χ1n) is 8.73. The molecule has 1 aliphatic rings. The van der Waals surface area contributed by atoms with Crippen LogP contribution in [-0.2, 0) is 14.2 Å². The van der Waals surface area contributed by atoms with Gasteiger partial charge in [0.05, 0.1) is 17.7 Å². The highest BCUT2D eigenvalue weighted by Gasteiger charge is 2.36. The van der Waals surface area contributed by atoms with Crippen LogP contribution in [0.4, 0.5) is 0 Å². The number of hydrogen-bond acceptors (Lipinski definition) is 5. The molecule has 1 heterocycles. The minimum Gasteiger partial charge on any atom is -0.455 e. The van der Waals surface area contributed by atoms with Gasteiger partial charge in [-0.15, -0.1) is 0 Å². The molecule has 0 N–H and O–H groups in total. The van der Waals surface area contributed by atoms with Gasteiger partial charge in [0, 0.05) is 6.42 Å². The molecule has 0 amide bonds. The van der Waals surface area contributed by atoms with Crippen molar-refractivity contribution >= 4 is 23.5 Å². The van der Waals surface area contributed by atoms with Gasteiger partial charge in [-0.25, -0.2) is 9.59 Å². The summed E-state index contributed by atoms with van der Waals surface area (Å²) in [5, 5.41) is 0. The van der Waals surface area contributed by atoms with E-state index in [2.05, 4.69) is 0 Å². The van der Waals surface area contributed by atoms with Gasteiger partial charge in [-0.3, -0.25) is 0 Å². The first kappa shape index (κ1) is 19.4. The van der Waals surface area contributed by atoms with Crippen molar-refractivity contribution in [1.82, 2.24) is 0 Å². The average molecular weight is 389 g/mol. The van der Waals surface area contributed by atoms with Crippen LogP contribution < -0.4 is 0 Å². The van der Waals surface area contributed by atoms with Crippen molar-refractivity contribution in [2.45, 2.75) is 38.0 Å². The number of alkyl halides is 1. The van der Waals surface area contributed by atoms with Crippen molar-refractivity contribution in [3.05, 3.63) is 70.8 Å². The number of ether oxygens (including phenoxy) is 3. The lowest BCUT2D eigenvalue weighted by atomic mass is 10.1.